The Balaban J connectivity index is 0.00000259. The molecule has 2 bridgehead atoms. The van der Waals surface area contributed by atoms with E-state index in [1.165, 1.54) is 4.90 Å². The second-order valence-corrected chi connectivity index (χ2v) is 8.91. The van der Waals surface area contributed by atoms with Crippen LogP contribution < -0.4 is 10.6 Å². The summed E-state index contributed by atoms with van der Waals surface area (Å²) in [6.45, 7) is 1.90. The third-order valence-corrected chi connectivity index (χ3v) is 6.96. The lowest BCUT2D eigenvalue weighted by molar-refractivity contribution is -0.140. The summed E-state index contributed by atoms with van der Waals surface area (Å²) in [5.41, 5.74) is 2.06. The van der Waals surface area contributed by atoms with E-state index in [9.17, 15) is 9.59 Å². The molecule has 2 aliphatic carbocycles. The predicted molar refractivity (Wildman–Crippen MR) is 138 cm³/mol. The Kier molecular flexibility index (Phi) is 7.35. The van der Waals surface area contributed by atoms with Crippen LogP contribution in [0.3, 0.4) is 0 Å². The molecule has 1 aromatic heterocycles. The number of rotatable bonds is 8. The van der Waals surface area contributed by atoms with Crippen LogP contribution in [-0.4, -0.2) is 59.3 Å². The molecule has 1 aliphatic heterocycles. The largest absolute Gasteiger partial charge is 0.356 e. The molecule has 5 rings (SSSR count). The van der Waals surface area contributed by atoms with Gasteiger partial charge in [-0.3, -0.25) is 19.5 Å². The number of fused-ring (bicyclic) bond motifs is 6. The van der Waals surface area contributed by atoms with Gasteiger partial charge in [0.2, 0.25) is 11.8 Å². The smallest absolute Gasteiger partial charge is 0.233 e. The number of nitrogens with zero attached hydrogens (tertiary/aromatic N) is 3. The fraction of sp³-hybridized carbons (Fsp3) is 0.500. The number of carbonyl (C=O) groups excluding carboxylic acids is 2. The van der Waals surface area contributed by atoms with Crippen molar-refractivity contribution in [3.05, 3.63) is 42.2 Å². The molecule has 176 valence electrons. The summed E-state index contributed by atoms with van der Waals surface area (Å²) in [6, 6.07) is 8.04. The van der Waals surface area contributed by atoms with Crippen molar-refractivity contribution in [2.24, 2.45) is 28.7 Å². The molecule has 2 heterocycles. The number of imide groups is 1. The van der Waals surface area contributed by atoms with Crippen LogP contribution in [0.4, 0.5) is 0 Å². The molecule has 2 amide bonds. The highest BCUT2D eigenvalue weighted by Crippen LogP contribution is 2.52. The summed E-state index contributed by atoms with van der Waals surface area (Å²) in [6.07, 6.45) is 7.73. The first kappa shape index (κ1) is 23.7. The van der Waals surface area contributed by atoms with Gasteiger partial charge in [0.25, 0.3) is 0 Å². The van der Waals surface area contributed by atoms with Crippen molar-refractivity contribution in [2.45, 2.75) is 25.7 Å². The van der Waals surface area contributed by atoms with E-state index in [0.29, 0.717) is 19.5 Å². The van der Waals surface area contributed by atoms with Crippen LogP contribution in [0.1, 0.15) is 25.1 Å². The first-order valence-corrected chi connectivity index (χ1v) is 11.6. The monoisotopic (exact) mass is 562 g/mol. The topological polar surface area (TPSA) is 102 Å². The van der Waals surface area contributed by atoms with Gasteiger partial charge in [-0.2, -0.15) is 0 Å². The molecule has 2 aromatic rings. The molecule has 0 spiro atoms. The van der Waals surface area contributed by atoms with Gasteiger partial charge in [0.15, 0.2) is 5.96 Å². The number of aromatic amines is 1. The number of aromatic nitrogens is 2. The number of imidazole rings is 1. The van der Waals surface area contributed by atoms with Gasteiger partial charge in [-0.15, -0.1) is 24.0 Å². The van der Waals surface area contributed by atoms with Gasteiger partial charge in [0, 0.05) is 33.1 Å². The van der Waals surface area contributed by atoms with Gasteiger partial charge < -0.3 is 15.6 Å². The van der Waals surface area contributed by atoms with Crippen molar-refractivity contribution in [2.75, 3.05) is 26.7 Å². The van der Waals surface area contributed by atoms with Gasteiger partial charge in [0.1, 0.15) is 5.82 Å². The lowest BCUT2D eigenvalue weighted by Gasteiger charge is -2.18. The fourth-order valence-electron chi connectivity index (χ4n) is 5.44. The van der Waals surface area contributed by atoms with Crippen molar-refractivity contribution in [1.82, 2.24) is 25.5 Å². The Bertz CT molecular complexity index is 1020. The van der Waals surface area contributed by atoms with Crippen molar-refractivity contribution in [3.8, 4) is 0 Å². The number of hydrogen-bond acceptors (Lipinski definition) is 4. The minimum absolute atomic E-state index is 0. The zero-order valence-electron chi connectivity index (χ0n) is 18.8. The number of carbonyl (C=O) groups is 2. The standard InChI is InChI=1S/C24H30N6O2.HI/c1-25-24(26-11-4-8-19-28-17-6-2-3-7-18(17)29-19)27-12-5-13-30-22(31)20-15-9-10-16(14-15)21(20)23(30)32;/h2-3,6-7,9-10,15-16,20-21H,4-5,8,11-14H2,1H3,(H,28,29)(H2,25,26,27);1H. The number of hydrogen-bond donors (Lipinski definition) is 3. The number of aryl methyl sites for hydroxylation is 1. The van der Waals surface area contributed by atoms with E-state index < -0.39 is 0 Å². The first-order valence-electron chi connectivity index (χ1n) is 11.6. The van der Waals surface area contributed by atoms with Gasteiger partial charge in [-0.25, -0.2) is 4.98 Å². The predicted octanol–water partition coefficient (Wildman–Crippen LogP) is 2.48. The van der Waals surface area contributed by atoms with Crippen LogP contribution in [0.5, 0.6) is 0 Å². The van der Waals surface area contributed by atoms with Crippen molar-refractivity contribution >= 4 is 52.8 Å². The Morgan fingerprint density at radius 1 is 1.09 bits per heavy atom. The molecule has 33 heavy (non-hydrogen) atoms. The van der Waals surface area contributed by atoms with Gasteiger partial charge in [0.05, 0.1) is 22.9 Å². The number of halogens is 1. The lowest BCUT2D eigenvalue weighted by atomic mass is 9.85. The summed E-state index contributed by atoms with van der Waals surface area (Å²) in [7, 11) is 1.74. The second-order valence-electron chi connectivity index (χ2n) is 8.91. The second kappa shape index (κ2) is 10.2. The number of allylic oxidation sites excluding steroid dienone is 2. The number of amides is 2. The van der Waals surface area contributed by atoms with Crippen molar-refractivity contribution in [1.29, 1.82) is 0 Å². The minimum atomic E-state index is -0.105. The number of likely N-dealkylation sites (tertiary alicyclic amines) is 1. The molecular formula is C24H31IN6O2. The van der Waals surface area contributed by atoms with Crippen LogP contribution >= 0.6 is 24.0 Å². The average molecular weight is 562 g/mol. The molecular weight excluding hydrogens is 531 g/mol. The zero-order valence-corrected chi connectivity index (χ0v) is 21.1. The number of aliphatic imine (C=N–C) groups is 1. The highest BCUT2D eigenvalue weighted by atomic mass is 127. The first-order chi connectivity index (χ1) is 15.7. The highest BCUT2D eigenvalue weighted by molar-refractivity contribution is 14.0. The van der Waals surface area contributed by atoms with Crippen molar-refractivity contribution < 1.29 is 9.59 Å². The Morgan fingerprint density at radius 3 is 2.42 bits per heavy atom. The molecule has 1 saturated heterocycles. The lowest BCUT2D eigenvalue weighted by Crippen LogP contribution is -2.40. The van der Waals surface area contributed by atoms with E-state index in [2.05, 4.69) is 37.7 Å². The van der Waals surface area contributed by atoms with E-state index in [1.807, 2.05) is 24.3 Å². The van der Waals surface area contributed by atoms with E-state index in [4.69, 9.17) is 0 Å². The summed E-state index contributed by atoms with van der Waals surface area (Å²) >= 11 is 0. The number of H-pyrrole nitrogens is 1. The number of nitrogens with one attached hydrogen (secondary N) is 3. The summed E-state index contributed by atoms with van der Waals surface area (Å²) in [4.78, 5) is 39.2. The van der Waals surface area contributed by atoms with Gasteiger partial charge >= 0.3 is 0 Å². The third-order valence-electron chi connectivity index (χ3n) is 6.96. The zero-order chi connectivity index (χ0) is 22.1. The maximum atomic E-state index is 12.7. The summed E-state index contributed by atoms with van der Waals surface area (Å²) in [5, 5.41) is 6.59. The molecule has 1 aromatic carbocycles. The Morgan fingerprint density at radius 2 is 1.76 bits per heavy atom. The van der Waals surface area contributed by atoms with E-state index in [1.54, 1.807) is 7.05 Å². The minimum Gasteiger partial charge on any atom is -0.356 e. The summed E-state index contributed by atoms with van der Waals surface area (Å²) < 4.78 is 0. The maximum absolute atomic E-state index is 12.7. The molecule has 1 saturated carbocycles. The molecule has 9 heteroatoms. The molecule has 2 fully saturated rings. The van der Waals surface area contributed by atoms with E-state index >= 15 is 0 Å². The molecule has 3 aliphatic rings. The molecule has 4 unspecified atom stereocenters. The SMILES string of the molecule is CN=C(NCCCc1nc2ccccc2[nH]1)NCCCN1C(=O)C2C3C=CC(C3)C2C1=O.I. The molecule has 0 radical (unpaired) electrons. The van der Waals surface area contributed by atoms with Crippen LogP contribution in [0.2, 0.25) is 0 Å². The normalized spacial score (nSPS) is 25.6. The van der Waals surface area contributed by atoms with E-state index in [-0.39, 0.29) is 59.5 Å². The molecule has 8 nitrogen and oxygen atoms in total. The van der Waals surface area contributed by atoms with Gasteiger partial charge in [-0.05, 0) is 43.2 Å². The number of benzene rings is 1. The van der Waals surface area contributed by atoms with Crippen LogP contribution in [0, 0.1) is 23.7 Å². The maximum Gasteiger partial charge on any atom is 0.233 e. The quantitative estimate of drug-likeness (QED) is 0.115. The number of para-hydroxylation sites is 2. The Labute approximate surface area is 210 Å². The van der Waals surface area contributed by atoms with Crippen LogP contribution in [-0.2, 0) is 16.0 Å². The van der Waals surface area contributed by atoms with Gasteiger partial charge in [-0.1, -0.05) is 24.3 Å². The highest BCUT2D eigenvalue weighted by Gasteiger charge is 2.58. The van der Waals surface area contributed by atoms with Crippen LogP contribution in [0.15, 0.2) is 41.4 Å². The molecule has 3 N–H and O–H groups in total. The molecule has 4 atom stereocenters. The van der Waals surface area contributed by atoms with Crippen molar-refractivity contribution in [3.63, 3.8) is 0 Å². The van der Waals surface area contributed by atoms with E-state index in [0.717, 1.165) is 48.6 Å². The number of guanidine groups is 1. The fourth-order valence-corrected chi connectivity index (χ4v) is 5.44. The average Bonchev–Trinajstić information content (AvgIpc) is 3.56. The third kappa shape index (κ3) is 4.64. The van der Waals surface area contributed by atoms with Crippen LogP contribution in [0.25, 0.3) is 11.0 Å². The Hall–Kier alpha value is -2.43. The summed E-state index contributed by atoms with van der Waals surface area (Å²) in [5.74, 6) is 2.12.